The van der Waals surface area contributed by atoms with Crippen LogP contribution in [-0.4, -0.2) is 43.1 Å². The molecule has 150 valence electrons. The van der Waals surface area contributed by atoms with Crippen molar-refractivity contribution in [3.05, 3.63) is 105 Å². The number of aromatic amines is 2. The Morgan fingerprint density at radius 2 is 0.821 bits per heavy atom. The first-order valence-corrected chi connectivity index (χ1v) is 7.23. The summed E-state index contributed by atoms with van der Waals surface area (Å²) in [5.74, 6) is -2.13. The molecule has 0 saturated heterocycles. The average Bonchev–Trinajstić information content (AvgIpc) is 2.64. The zero-order chi connectivity index (χ0) is 19.4. The van der Waals surface area contributed by atoms with Gasteiger partial charge in [0.25, 0.3) is 0 Å². The fourth-order valence-electron chi connectivity index (χ4n) is 1.50. The van der Waals surface area contributed by atoms with Crippen molar-refractivity contribution in [1.82, 2.24) is 9.97 Å². The van der Waals surface area contributed by atoms with E-state index in [-0.39, 0.29) is 32.9 Å². The van der Waals surface area contributed by atoms with E-state index in [0.717, 1.165) is 0 Å². The topological polar surface area (TPSA) is 203 Å². The number of hydrogen-bond donors (Lipinski definition) is 4. The minimum absolute atomic E-state index is 0. The van der Waals surface area contributed by atoms with Crippen molar-refractivity contribution < 1.29 is 30.8 Å². The van der Waals surface area contributed by atoms with Gasteiger partial charge in [-0.15, -0.1) is 0 Å². The molecule has 0 amide bonds. The maximum atomic E-state index is 10.3. The summed E-state index contributed by atoms with van der Waals surface area (Å²) in [6, 6.07) is 10.9. The molecule has 0 bridgehead atoms. The molecule has 28 heavy (non-hydrogen) atoms. The number of hydrogen-bond acceptors (Lipinski definition) is 4. The molecule has 2 aromatic heterocycles. The summed E-state index contributed by atoms with van der Waals surface area (Å²) in [7, 11) is 0. The van der Waals surface area contributed by atoms with E-state index in [4.69, 9.17) is 10.2 Å². The van der Waals surface area contributed by atoms with Crippen LogP contribution in [0.5, 0.6) is 0 Å². The Balaban J connectivity index is 0. The van der Waals surface area contributed by atoms with Crippen molar-refractivity contribution >= 4 is 11.9 Å². The van der Waals surface area contributed by atoms with Crippen molar-refractivity contribution in [2.45, 2.75) is 0 Å². The second-order valence-electron chi connectivity index (χ2n) is 4.66. The molecule has 0 fully saturated rings. The molecule has 0 radical (unpaired) electrons. The summed E-state index contributed by atoms with van der Waals surface area (Å²) in [5.41, 5.74) is 0.248. The molecule has 3 aromatic rings. The molecule has 1 aromatic carbocycles. The molecule has 2 heterocycles. The van der Waals surface area contributed by atoms with Crippen LogP contribution >= 0.6 is 0 Å². The molecule has 0 unspecified atom stereocenters. The fourth-order valence-corrected chi connectivity index (χ4v) is 1.50. The second-order valence-corrected chi connectivity index (χ2v) is 4.66. The molecule has 0 aliphatic heterocycles. The van der Waals surface area contributed by atoms with Crippen molar-refractivity contribution in [3.8, 4) is 0 Å². The second kappa shape index (κ2) is 14.2. The van der Waals surface area contributed by atoms with Gasteiger partial charge in [0.05, 0.1) is 11.1 Å². The molecular weight excluding hydrogens is 372 g/mol. The highest BCUT2D eigenvalue weighted by atomic mass is 16.4. The summed E-state index contributed by atoms with van der Waals surface area (Å²) < 4.78 is 0. The zero-order valence-electron chi connectivity index (χ0n) is 14.5. The Hall–Kier alpha value is -4.02. The van der Waals surface area contributed by atoms with Gasteiger partial charge >= 0.3 is 11.9 Å². The highest BCUT2D eigenvalue weighted by Crippen LogP contribution is 2.03. The summed E-state index contributed by atoms with van der Waals surface area (Å²) in [6.45, 7) is 0. The maximum Gasteiger partial charge on any atom is 0.335 e. The summed E-state index contributed by atoms with van der Waals surface area (Å²) in [6.07, 6.45) is 6.40. The van der Waals surface area contributed by atoms with Crippen molar-refractivity contribution in [3.63, 3.8) is 0 Å². The van der Waals surface area contributed by atoms with Gasteiger partial charge < -0.3 is 31.1 Å². The Labute approximate surface area is 158 Å². The van der Waals surface area contributed by atoms with Crippen LogP contribution in [0.1, 0.15) is 20.7 Å². The number of rotatable bonds is 2. The molecule has 8 N–H and O–H groups in total. The molecule has 0 atom stereocenters. The number of H-pyrrole nitrogens is 2. The molecule has 3 rings (SSSR count). The van der Waals surface area contributed by atoms with Crippen LogP contribution in [0.25, 0.3) is 0 Å². The van der Waals surface area contributed by atoms with E-state index in [1.807, 2.05) is 0 Å². The quantitative estimate of drug-likeness (QED) is 0.478. The van der Waals surface area contributed by atoms with E-state index in [1.54, 1.807) is 24.8 Å². The van der Waals surface area contributed by atoms with Crippen LogP contribution in [0.15, 0.2) is 82.9 Å². The smallest absolute Gasteiger partial charge is 0.335 e. The number of aromatic nitrogens is 2. The third-order valence-corrected chi connectivity index (χ3v) is 2.75. The van der Waals surface area contributed by atoms with Crippen molar-refractivity contribution in [1.29, 1.82) is 0 Å². The molecule has 0 saturated carbocycles. The number of benzene rings is 1. The number of carboxylic acids is 2. The minimum atomic E-state index is -1.06. The number of carboxylic acid groups (broad SMARTS) is 2. The van der Waals surface area contributed by atoms with Gasteiger partial charge in [0.1, 0.15) is 0 Å². The standard InChI is InChI=1S/C8H6O4.2C5H5NO.2H2O/c9-7(10)5-1-2-6(4-3-5)8(11)12;2*7-5-1-3-6-4-2-5;;/h1-4H,(H,9,10)(H,11,12);2*1-4H,(H,6,7);2*1H2. The lowest BCUT2D eigenvalue weighted by Crippen LogP contribution is -1.99. The van der Waals surface area contributed by atoms with Crippen LogP contribution < -0.4 is 10.9 Å². The fraction of sp³-hybridized carbons (Fsp3) is 0. The Bertz CT molecular complexity index is 835. The lowest BCUT2D eigenvalue weighted by molar-refractivity contribution is 0.0681. The van der Waals surface area contributed by atoms with Crippen LogP contribution in [0, 0.1) is 0 Å². The van der Waals surface area contributed by atoms with Crippen molar-refractivity contribution in [2.75, 3.05) is 0 Å². The van der Waals surface area contributed by atoms with E-state index in [0.29, 0.717) is 0 Å². The molecule has 0 aliphatic rings. The third-order valence-electron chi connectivity index (χ3n) is 2.75. The van der Waals surface area contributed by atoms with Gasteiger partial charge in [-0.2, -0.15) is 0 Å². The highest BCUT2D eigenvalue weighted by molar-refractivity contribution is 5.91. The van der Waals surface area contributed by atoms with Crippen molar-refractivity contribution in [2.24, 2.45) is 0 Å². The molecule has 10 nitrogen and oxygen atoms in total. The van der Waals surface area contributed by atoms with E-state index in [9.17, 15) is 19.2 Å². The molecule has 0 aliphatic carbocycles. The zero-order valence-corrected chi connectivity index (χ0v) is 14.5. The molecular formula is C18H20N2O8. The van der Waals surface area contributed by atoms with Crippen LogP contribution in [0.4, 0.5) is 0 Å². The van der Waals surface area contributed by atoms with Crippen LogP contribution in [0.2, 0.25) is 0 Å². The SMILES string of the molecule is O.O.O=C(O)c1ccc(C(=O)O)cc1.O=c1cc[nH]cc1.O=c1cc[nH]cc1. The lowest BCUT2D eigenvalue weighted by atomic mass is 10.1. The number of carbonyl (C=O) groups is 2. The predicted molar refractivity (Wildman–Crippen MR) is 102 cm³/mol. The first-order valence-electron chi connectivity index (χ1n) is 7.23. The highest BCUT2D eigenvalue weighted by Gasteiger charge is 2.04. The number of pyridine rings is 2. The van der Waals surface area contributed by atoms with Gasteiger partial charge in [0, 0.05) is 49.1 Å². The first-order chi connectivity index (χ1) is 12.4. The van der Waals surface area contributed by atoms with Crippen LogP contribution in [0.3, 0.4) is 0 Å². The van der Waals surface area contributed by atoms with E-state index in [1.165, 1.54) is 48.5 Å². The van der Waals surface area contributed by atoms with E-state index >= 15 is 0 Å². The van der Waals surface area contributed by atoms with Gasteiger partial charge in [-0.3, -0.25) is 9.59 Å². The van der Waals surface area contributed by atoms with Gasteiger partial charge in [-0.05, 0) is 24.3 Å². The molecule has 0 spiro atoms. The monoisotopic (exact) mass is 392 g/mol. The summed E-state index contributed by atoms with van der Waals surface area (Å²) in [5, 5.41) is 16.9. The number of nitrogens with one attached hydrogen (secondary N) is 2. The largest absolute Gasteiger partial charge is 0.478 e. The lowest BCUT2D eigenvalue weighted by Gasteiger charge is -1.94. The van der Waals surface area contributed by atoms with E-state index in [2.05, 4.69) is 9.97 Å². The van der Waals surface area contributed by atoms with Gasteiger partial charge in [-0.1, -0.05) is 0 Å². The number of aromatic carboxylic acids is 2. The Kier molecular flexibility index (Phi) is 13.3. The Morgan fingerprint density at radius 1 is 0.571 bits per heavy atom. The van der Waals surface area contributed by atoms with Gasteiger partial charge in [0.15, 0.2) is 10.9 Å². The normalized spacial score (nSPS) is 8.29. The van der Waals surface area contributed by atoms with Crippen LogP contribution in [-0.2, 0) is 0 Å². The predicted octanol–water partition coefficient (Wildman–Crippen LogP) is 0.183. The first kappa shape index (κ1) is 26.2. The summed E-state index contributed by atoms with van der Waals surface area (Å²) in [4.78, 5) is 46.6. The van der Waals surface area contributed by atoms with Gasteiger partial charge in [0.2, 0.25) is 0 Å². The van der Waals surface area contributed by atoms with E-state index < -0.39 is 11.9 Å². The Morgan fingerprint density at radius 3 is 0.964 bits per heavy atom. The minimum Gasteiger partial charge on any atom is -0.478 e. The average molecular weight is 392 g/mol. The maximum absolute atomic E-state index is 10.3. The van der Waals surface area contributed by atoms with Gasteiger partial charge in [-0.25, -0.2) is 9.59 Å². The summed E-state index contributed by atoms with van der Waals surface area (Å²) >= 11 is 0. The third kappa shape index (κ3) is 10.8. The molecule has 10 heteroatoms.